The Kier molecular flexibility index (Phi) is 5.32. The van der Waals surface area contributed by atoms with Crippen LogP contribution in [-0.2, 0) is 23.9 Å². The van der Waals surface area contributed by atoms with Gasteiger partial charge in [0.1, 0.15) is 6.54 Å². The van der Waals surface area contributed by atoms with Gasteiger partial charge in [0.15, 0.2) is 11.8 Å². The van der Waals surface area contributed by atoms with Crippen LogP contribution in [0.25, 0.3) is 0 Å². The molecule has 3 rings (SSSR count). The maximum Gasteiger partial charge on any atom is 0.326 e. The van der Waals surface area contributed by atoms with Crippen molar-refractivity contribution in [1.82, 2.24) is 9.88 Å². The first-order valence-electron chi connectivity index (χ1n) is 8.03. The van der Waals surface area contributed by atoms with E-state index in [1.54, 1.807) is 12.1 Å². The Labute approximate surface area is 154 Å². The van der Waals surface area contributed by atoms with Crippen LogP contribution < -0.4 is 5.32 Å². The van der Waals surface area contributed by atoms with Gasteiger partial charge in [-0.05, 0) is 25.0 Å². The van der Waals surface area contributed by atoms with Gasteiger partial charge in [-0.15, -0.1) is 0 Å². The number of rotatable bonds is 5. The van der Waals surface area contributed by atoms with Crippen molar-refractivity contribution in [2.45, 2.75) is 12.8 Å². The molecule has 1 aromatic heterocycles. The Morgan fingerprint density at radius 2 is 1.88 bits per heavy atom. The Bertz CT molecular complexity index is 768. The van der Waals surface area contributed by atoms with E-state index in [1.165, 1.54) is 6.20 Å². The number of nitrogens with one attached hydrogen (secondary N) is 1. The average molecular weight is 378 g/mol. The minimum absolute atomic E-state index is 0.108. The molecular formula is C17H16ClN3O5. The molecule has 2 heterocycles. The lowest BCUT2D eigenvalue weighted by Gasteiger charge is -2.14. The minimum atomic E-state index is -0.828. The van der Waals surface area contributed by atoms with Crippen molar-refractivity contribution in [3.05, 3.63) is 35.6 Å². The number of allylic oxidation sites excluding steroid dienone is 2. The van der Waals surface area contributed by atoms with Crippen molar-refractivity contribution in [3.63, 3.8) is 0 Å². The molecule has 1 aliphatic carbocycles. The first kappa shape index (κ1) is 18.1. The van der Waals surface area contributed by atoms with Crippen LogP contribution in [-0.4, -0.2) is 46.7 Å². The molecule has 1 aliphatic heterocycles. The van der Waals surface area contributed by atoms with Crippen LogP contribution in [0.1, 0.15) is 12.8 Å². The van der Waals surface area contributed by atoms with Gasteiger partial charge in [0.2, 0.25) is 11.8 Å². The summed E-state index contributed by atoms with van der Waals surface area (Å²) in [7, 11) is 0. The number of anilines is 1. The molecule has 26 heavy (non-hydrogen) atoms. The average Bonchev–Trinajstić information content (AvgIpc) is 2.87. The van der Waals surface area contributed by atoms with Gasteiger partial charge < -0.3 is 10.1 Å². The Morgan fingerprint density at radius 1 is 1.23 bits per heavy atom. The summed E-state index contributed by atoms with van der Waals surface area (Å²) < 4.78 is 4.85. The number of carbonyl (C=O) groups is 4. The van der Waals surface area contributed by atoms with E-state index < -0.39 is 36.9 Å². The van der Waals surface area contributed by atoms with E-state index in [0.29, 0.717) is 12.8 Å². The molecule has 0 aromatic carbocycles. The summed E-state index contributed by atoms with van der Waals surface area (Å²) >= 11 is 5.82. The second kappa shape index (κ2) is 7.65. The van der Waals surface area contributed by atoms with Crippen molar-refractivity contribution in [2.75, 3.05) is 18.5 Å². The number of likely N-dealkylation sites (tertiary alicyclic amines) is 1. The van der Waals surface area contributed by atoms with Crippen molar-refractivity contribution >= 4 is 41.0 Å². The van der Waals surface area contributed by atoms with E-state index in [9.17, 15) is 19.2 Å². The molecular weight excluding hydrogens is 362 g/mol. The number of pyridine rings is 1. The summed E-state index contributed by atoms with van der Waals surface area (Å²) in [6.07, 6.45) is 6.18. The van der Waals surface area contributed by atoms with Gasteiger partial charge >= 0.3 is 5.97 Å². The number of halogens is 1. The Morgan fingerprint density at radius 3 is 2.50 bits per heavy atom. The first-order valence-corrected chi connectivity index (χ1v) is 8.41. The summed E-state index contributed by atoms with van der Waals surface area (Å²) in [5.41, 5.74) is 0.289. The molecule has 1 aromatic rings. The highest BCUT2D eigenvalue weighted by Crippen LogP contribution is 2.34. The topological polar surface area (TPSA) is 106 Å². The van der Waals surface area contributed by atoms with Crippen LogP contribution in [0, 0.1) is 11.8 Å². The third-order valence-corrected chi connectivity index (χ3v) is 4.58. The molecule has 3 amide bonds. The highest BCUT2D eigenvalue weighted by molar-refractivity contribution is 6.32. The van der Waals surface area contributed by atoms with Gasteiger partial charge in [-0.1, -0.05) is 23.8 Å². The van der Waals surface area contributed by atoms with Crippen molar-refractivity contribution < 1.29 is 23.9 Å². The van der Waals surface area contributed by atoms with Gasteiger partial charge in [-0.3, -0.25) is 24.1 Å². The quantitative estimate of drug-likeness (QED) is 0.357. The zero-order valence-corrected chi connectivity index (χ0v) is 14.4. The number of fused-ring (bicyclic) bond motifs is 1. The van der Waals surface area contributed by atoms with Crippen LogP contribution in [0.15, 0.2) is 30.5 Å². The zero-order valence-electron chi connectivity index (χ0n) is 13.7. The van der Waals surface area contributed by atoms with Crippen molar-refractivity contribution in [2.24, 2.45) is 11.8 Å². The maximum absolute atomic E-state index is 12.3. The fourth-order valence-electron chi connectivity index (χ4n) is 3.01. The lowest BCUT2D eigenvalue weighted by molar-refractivity contribution is -0.154. The predicted octanol–water partition coefficient (Wildman–Crippen LogP) is 1.17. The van der Waals surface area contributed by atoms with Crippen LogP contribution >= 0.6 is 11.6 Å². The lowest BCUT2D eigenvalue weighted by Crippen LogP contribution is -2.37. The highest BCUT2D eigenvalue weighted by atomic mass is 35.5. The first-order chi connectivity index (χ1) is 12.5. The fourth-order valence-corrected chi connectivity index (χ4v) is 3.18. The van der Waals surface area contributed by atoms with Gasteiger partial charge in [0.25, 0.3) is 5.91 Å². The molecule has 2 atom stereocenters. The molecule has 9 heteroatoms. The SMILES string of the molecule is O=C(COC(=O)CN1C(=O)[C@H]2CC=CC[C@@H]2C1=O)Nc1cccnc1Cl. The van der Waals surface area contributed by atoms with Gasteiger partial charge in [0, 0.05) is 6.20 Å². The largest absolute Gasteiger partial charge is 0.454 e. The molecule has 8 nitrogen and oxygen atoms in total. The van der Waals surface area contributed by atoms with Crippen molar-refractivity contribution in [3.8, 4) is 0 Å². The fraction of sp³-hybridized carbons (Fsp3) is 0.353. The zero-order chi connectivity index (χ0) is 18.7. The maximum atomic E-state index is 12.3. The van der Waals surface area contributed by atoms with Gasteiger partial charge in [0.05, 0.1) is 17.5 Å². The van der Waals surface area contributed by atoms with Gasteiger partial charge in [-0.25, -0.2) is 4.98 Å². The Balaban J connectivity index is 1.50. The van der Waals surface area contributed by atoms with Gasteiger partial charge in [-0.2, -0.15) is 0 Å². The second-order valence-corrected chi connectivity index (χ2v) is 6.33. The third kappa shape index (κ3) is 3.75. The summed E-state index contributed by atoms with van der Waals surface area (Å²) in [6.45, 7) is -1.06. The molecule has 0 spiro atoms. The van der Waals surface area contributed by atoms with E-state index in [4.69, 9.17) is 16.3 Å². The molecule has 1 fully saturated rings. The minimum Gasteiger partial charge on any atom is -0.454 e. The number of hydrogen-bond acceptors (Lipinski definition) is 6. The molecule has 0 bridgehead atoms. The molecule has 0 unspecified atom stereocenters. The third-order valence-electron chi connectivity index (χ3n) is 4.28. The number of aromatic nitrogens is 1. The lowest BCUT2D eigenvalue weighted by atomic mass is 9.85. The Hall–Kier alpha value is -2.74. The molecule has 0 saturated carbocycles. The number of imide groups is 1. The standard InChI is InChI=1S/C17H16ClN3O5/c18-15-12(6-3-7-19-15)20-13(22)9-26-14(23)8-21-16(24)10-4-1-2-5-11(10)17(21)25/h1-3,6-7,10-11H,4-5,8-9H2,(H,20,22)/t10-,11-/m0/s1. The molecule has 1 saturated heterocycles. The van der Waals surface area contributed by atoms with E-state index in [0.717, 1.165) is 4.90 Å². The molecule has 2 aliphatic rings. The summed E-state index contributed by atoms with van der Waals surface area (Å²) in [5.74, 6) is -2.98. The van der Waals surface area contributed by atoms with E-state index in [2.05, 4.69) is 10.3 Å². The smallest absolute Gasteiger partial charge is 0.326 e. The highest BCUT2D eigenvalue weighted by Gasteiger charge is 2.47. The molecule has 0 radical (unpaired) electrons. The normalized spacial score (nSPS) is 21.5. The van der Waals surface area contributed by atoms with E-state index >= 15 is 0 Å². The number of amides is 3. The molecule has 136 valence electrons. The number of ether oxygens (including phenoxy) is 1. The summed E-state index contributed by atoms with van der Waals surface area (Å²) in [6, 6.07) is 3.14. The number of esters is 1. The summed E-state index contributed by atoms with van der Waals surface area (Å²) in [5, 5.41) is 2.56. The number of nitrogens with zero attached hydrogens (tertiary/aromatic N) is 2. The number of hydrogen-bond donors (Lipinski definition) is 1. The number of carbonyl (C=O) groups excluding carboxylic acids is 4. The van der Waals surface area contributed by atoms with Crippen LogP contribution in [0.5, 0.6) is 0 Å². The van der Waals surface area contributed by atoms with Crippen molar-refractivity contribution in [1.29, 1.82) is 0 Å². The monoisotopic (exact) mass is 377 g/mol. The van der Waals surface area contributed by atoms with E-state index in [-0.39, 0.29) is 22.7 Å². The van der Waals surface area contributed by atoms with E-state index in [1.807, 2.05) is 12.2 Å². The van der Waals surface area contributed by atoms with Crippen LogP contribution in [0.4, 0.5) is 5.69 Å². The second-order valence-electron chi connectivity index (χ2n) is 5.97. The summed E-state index contributed by atoms with van der Waals surface area (Å²) in [4.78, 5) is 53.0. The van der Waals surface area contributed by atoms with Crippen LogP contribution in [0.2, 0.25) is 5.15 Å². The van der Waals surface area contributed by atoms with Crippen LogP contribution in [0.3, 0.4) is 0 Å². The predicted molar refractivity (Wildman–Crippen MR) is 90.9 cm³/mol. The molecule has 1 N–H and O–H groups in total.